The second-order valence-corrected chi connectivity index (χ2v) is 6.19. The van der Waals surface area contributed by atoms with Crippen LogP contribution in [-0.2, 0) is 19.4 Å². The van der Waals surface area contributed by atoms with Gasteiger partial charge in [0.15, 0.2) is 0 Å². The van der Waals surface area contributed by atoms with E-state index in [1.807, 2.05) is 31.3 Å². The van der Waals surface area contributed by atoms with E-state index in [0.717, 1.165) is 35.5 Å². The van der Waals surface area contributed by atoms with Crippen LogP contribution in [0, 0.1) is 0 Å². The number of fused-ring (bicyclic) bond motifs is 1. The van der Waals surface area contributed by atoms with Gasteiger partial charge >= 0.3 is 0 Å². The molecule has 1 amide bonds. The van der Waals surface area contributed by atoms with Gasteiger partial charge in [0, 0.05) is 17.1 Å². The Bertz CT molecular complexity index is 612. The number of carbonyl (C=O) groups excluding carboxylic acids is 1. The second-order valence-electron chi connectivity index (χ2n) is 5.05. The molecule has 0 aliphatic heterocycles. The van der Waals surface area contributed by atoms with E-state index in [0.29, 0.717) is 0 Å². The number of amides is 1. The maximum absolute atomic E-state index is 12.4. The van der Waals surface area contributed by atoms with Gasteiger partial charge in [-0.2, -0.15) is 0 Å². The minimum Gasteiger partial charge on any atom is -0.321 e. The number of para-hydroxylation sites is 1. The van der Waals surface area contributed by atoms with Gasteiger partial charge in [-0.1, -0.05) is 18.2 Å². The summed E-state index contributed by atoms with van der Waals surface area (Å²) in [7, 11) is 1.91. The van der Waals surface area contributed by atoms with Gasteiger partial charge in [-0.3, -0.25) is 4.79 Å². The molecule has 0 saturated heterocycles. The summed E-state index contributed by atoms with van der Waals surface area (Å²) in [6.45, 7) is 0.747. The lowest BCUT2D eigenvalue weighted by Gasteiger charge is -2.09. The van der Waals surface area contributed by atoms with E-state index in [2.05, 4.69) is 16.7 Å². The SMILES string of the molecule is CNCc1ccccc1NC(=O)c1cc2c(s1)CCC2. The zero-order chi connectivity index (χ0) is 13.9. The highest BCUT2D eigenvalue weighted by atomic mass is 32.1. The fraction of sp³-hybridized carbons (Fsp3) is 0.312. The number of carbonyl (C=O) groups is 1. The highest BCUT2D eigenvalue weighted by Gasteiger charge is 2.18. The Morgan fingerprint density at radius 1 is 1.30 bits per heavy atom. The first-order valence-electron chi connectivity index (χ1n) is 6.93. The molecule has 1 aliphatic carbocycles. The molecule has 1 aliphatic rings. The summed E-state index contributed by atoms with van der Waals surface area (Å²) >= 11 is 1.64. The number of benzene rings is 1. The van der Waals surface area contributed by atoms with Crippen molar-refractivity contribution >= 4 is 22.9 Å². The lowest BCUT2D eigenvalue weighted by atomic mass is 10.1. The molecule has 0 fully saturated rings. The number of aryl methyl sites for hydroxylation is 2. The fourth-order valence-corrected chi connectivity index (χ4v) is 3.76. The smallest absolute Gasteiger partial charge is 0.265 e. The van der Waals surface area contributed by atoms with Crippen LogP contribution in [0.2, 0.25) is 0 Å². The molecular weight excluding hydrogens is 268 g/mol. The van der Waals surface area contributed by atoms with E-state index >= 15 is 0 Å². The number of nitrogens with one attached hydrogen (secondary N) is 2. The Labute approximate surface area is 123 Å². The number of hydrogen-bond acceptors (Lipinski definition) is 3. The molecule has 0 spiro atoms. The van der Waals surface area contributed by atoms with Gasteiger partial charge in [-0.15, -0.1) is 11.3 Å². The topological polar surface area (TPSA) is 41.1 Å². The van der Waals surface area contributed by atoms with Gasteiger partial charge in [-0.05, 0) is 49.6 Å². The van der Waals surface area contributed by atoms with Crippen molar-refractivity contribution in [3.8, 4) is 0 Å². The van der Waals surface area contributed by atoms with Crippen molar-refractivity contribution in [3.05, 3.63) is 51.2 Å². The van der Waals surface area contributed by atoms with Crippen molar-refractivity contribution in [1.82, 2.24) is 5.32 Å². The molecule has 1 aromatic carbocycles. The zero-order valence-corrected chi connectivity index (χ0v) is 12.3. The van der Waals surface area contributed by atoms with Gasteiger partial charge in [0.05, 0.1) is 4.88 Å². The van der Waals surface area contributed by atoms with Crippen LogP contribution in [0.5, 0.6) is 0 Å². The highest BCUT2D eigenvalue weighted by Crippen LogP contribution is 2.31. The maximum Gasteiger partial charge on any atom is 0.265 e. The van der Waals surface area contributed by atoms with E-state index in [9.17, 15) is 4.79 Å². The zero-order valence-electron chi connectivity index (χ0n) is 11.5. The average Bonchev–Trinajstić information content (AvgIpc) is 3.02. The maximum atomic E-state index is 12.4. The third-order valence-corrected chi connectivity index (χ3v) is 4.84. The van der Waals surface area contributed by atoms with Crippen molar-refractivity contribution in [2.24, 2.45) is 0 Å². The van der Waals surface area contributed by atoms with Crippen molar-refractivity contribution in [3.63, 3.8) is 0 Å². The van der Waals surface area contributed by atoms with E-state index in [1.54, 1.807) is 11.3 Å². The molecule has 1 aromatic heterocycles. The van der Waals surface area contributed by atoms with Crippen molar-refractivity contribution in [2.45, 2.75) is 25.8 Å². The van der Waals surface area contributed by atoms with Crippen LogP contribution >= 0.6 is 11.3 Å². The lowest BCUT2D eigenvalue weighted by molar-refractivity contribution is 0.103. The minimum absolute atomic E-state index is 0.00736. The largest absolute Gasteiger partial charge is 0.321 e. The van der Waals surface area contributed by atoms with Crippen LogP contribution in [0.25, 0.3) is 0 Å². The number of thiophene rings is 1. The molecule has 0 radical (unpaired) electrons. The quantitative estimate of drug-likeness (QED) is 0.906. The summed E-state index contributed by atoms with van der Waals surface area (Å²) in [5.41, 5.74) is 3.36. The summed E-state index contributed by atoms with van der Waals surface area (Å²) in [4.78, 5) is 14.6. The third-order valence-electron chi connectivity index (χ3n) is 3.60. The summed E-state index contributed by atoms with van der Waals surface area (Å²) < 4.78 is 0. The molecule has 0 atom stereocenters. The van der Waals surface area contributed by atoms with E-state index in [1.165, 1.54) is 16.9 Å². The average molecular weight is 286 g/mol. The van der Waals surface area contributed by atoms with Crippen molar-refractivity contribution in [1.29, 1.82) is 0 Å². The molecule has 1 heterocycles. The Morgan fingerprint density at radius 3 is 2.95 bits per heavy atom. The number of rotatable bonds is 4. The van der Waals surface area contributed by atoms with Gasteiger partial charge in [0.25, 0.3) is 5.91 Å². The van der Waals surface area contributed by atoms with Crippen LogP contribution in [0.3, 0.4) is 0 Å². The van der Waals surface area contributed by atoms with Crippen LogP contribution in [0.4, 0.5) is 5.69 Å². The molecule has 3 rings (SSSR count). The molecule has 0 unspecified atom stereocenters. The molecule has 104 valence electrons. The minimum atomic E-state index is 0.00736. The fourth-order valence-electron chi connectivity index (χ4n) is 2.61. The third kappa shape index (κ3) is 2.62. The molecular formula is C16H18N2OS. The van der Waals surface area contributed by atoms with Gasteiger partial charge in [-0.25, -0.2) is 0 Å². The van der Waals surface area contributed by atoms with Crippen molar-refractivity contribution < 1.29 is 4.79 Å². The van der Waals surface area contributed by atoms with Crippen molar-refractivity contribution in [2.75, 3.05) is 12.4 Å². The Kier molecular flexibility index (Phi) is 3.85. The summed E-state index contributed by atoms with van der Waals surface area (Å²) in [5.74, 6) is 0.00736. The Hall–Kier alpha value is -1.65. The first-order valence-corrected chi connectivity index (χ1v) is 7.75. The molecule has 0 saturated carbocycles. The highest BCUT2D eigenvalue weighted by molar-refractivity contribution is 7.14. The number of hydrogen-bond donors (Lipinski definition) is 2. The molecule has 4 heteroatoms. The summed E-state index contributed by atoms with van der Waals surface area (Å²) in [6.07, 6.45) is 3.48. The van der Waals surface area contributed by atoms with E-state index in [4.69, 9.17) is 0 Å². The van der Waals surface area contributed by atoms with Crippen LogP contribution in [0.15, 0.2) is 30.3 Å². The summed E-state index contributed by atoms with van der Waals surface area (Å²) in [5, 5.41) is 6.15. The van der Waals surface area contributed by atoms with E-state index in [-0.39, 0.29) is 5.91 Å². The standard InChI is InChI=1S/C16H18N2OS/c1-17-10-12-5-2-3-7-13(12)18-16(19)15-9-11-6-4-8-14(11)20-15/h2-3,5,7,9,17H,4,6,8,10H2,1H3,(H,18,19). The molecule has 20 heavy (non-hydrogen) atoms. The molecule has 3 nitrogen and oxygen atoms in total. The first kappa shape index (κ1) is 13.3. The van der Waals surface area contributed by atoms with Gasteiger partial charge < -0.3 is 10.6 Å². The Morgan fingerprint density at radius 2 is 2.15 bits per heavy atom. The van der Waals surface area contributed by atoms with Crippen LogP contribution in [0.1, 0.15) is 32.1 Å². The van der Waals surface area contributed by atoms with E-state index < -0.39 is 0 Å². The lowest BCUT2D eigenvalue weighted by Crippen LogP contribution is -2.14. The monoisotopic (exact) mass is 286 g/mol. The second kappa shape index (κ2) is 5.77. The predicted octanol–water partition coefficient (Wildman–Crippen LogP) is 3.21. The molecule has 2 aromatic rings. The Balaban J connectivity index is 1.78. The van der Waals surface area contributed by atoms with Gasteiger partial charge in [0.1, 0.15) is 0 Å². The summed E-state index contributed by atoms with van der Waals surface area (Å²) in [6, 6.07) is 9.97. The molecule has 0 bridgehead atoms. The van der Waals surface area contributed by atoms with Crippen LogP contribution in [-0.4, -0.2) is 13.0 Å². The van der Waals surface area contributed by atoms with Crippen LogP contribution < -0.4 is 10.6 Å². The predicted molar refractivity (Wildman–Crippen MR) is 83.5 cm³/mol. The number of anilines is 1. The van der Waals surface area contributed by atoms with Gasteiger partial charge in [0.2, 0.25) is 0 Å². The normalized spacial score (nSPS) is 13.2. The molecule has 2 N–H and O–H groups in total. The first-order chi connectivity index (χ1) is 9.78.